The van der Waals surface area contributed by atoms with Crippen molar-refractivity contribution in [1.82, 2.24) is 4.90 Å². The summed E-state index contributed by atoms with van der Waals surface area (Å²) in [4.78, 5) is 2.29. The highest BCUT2D eigenvalue weighted by Gasteiger charge is 2.08. The summed E-state index contributed by atoms with van der Waals surface area (Å²) in [7, 11) is 0. The van der Waals surface area contributed by atoms with Gasteiger partial charge in [0.15, 0.2) is 0 Å². The molecule has 0 aliphatic heterocycles. The number of ether oxygens (including phenoxy) is 1. The van der Waals surface area contributed by atoms with Crippen LogP contribution < -0.4 is 10.5 Å². The number of hydrogen-bond donors (Lipinski definition) is 1. The average Bonchev–Trinajstić information content (AvgIpc) is 2.39. The molecule has 1 aromatic rings. The first-order valence-electron chi connectivity index (χ1n) is 6.73. The van der Waals surface area contributed by atoms with Crippen molar-refractivity contribution < 1.29 is 4.74 Å². The maximum Gasteiger partial charge on any atom is 0.142 e. The van der Waals surface area contributed by atoms with Crippen LogP contribution in [0, 0.1) is 11.3 Å². The van der Waals surface area contributed by atoms with Crippen LogP contribution in [0.3, 0.4) is 0 Å². The zero-order valence-corrected chi connectivity index (χ0v) is 11.8. The van der Waals surface area contributed by atoms with E-state index in [1.165, 1.54) is 0 Å². The zero-order chi connectivity index (χ0) is 14.1. The molecule has 0 aliphatic carbocycles. The Kier molecular flexibility index (Phi) is 6.76. The third-order valence-electron chi connectivity index (χ3n) is 3.01. The molecule has 0 heterocycles. The maximum absolute atomic E-state index is 8.63. The first kappa shape index (κ1) is 15.3. The Balaban J connectivity index is 2.29. The smallest absolute Gasteiger partial charge is 0.142 e. The quantitative estimate of drug-likeness (QED) is 0.577. The zero-order valence-electron chi connectivity index (χ0n) is 11.8. The summed E-state index contributed by atoms with van der Waals surface area (Å²) in [6, 6.07) is 10.2. The molecule has 2 N–H and O–H groups in total. The molecular weight excluding hydrogens is 238 g/mol. The van der Waals surface area contributed by atoms with Gasteiger partial charge >= 0.3 is 0 Å². The Labute approximate surface area is 115 Å². The van der Waals surface area contributed by atoms with E-state index in [9.17, 15) is 0 Å². The fraction of sp³-hybridized carbons (Fsp3) is 0.533. The molecule has 1 aromatic carbocycles. The molecule has 0 saturated heterocycles. The van der Waals surface area contributed by atoms with Gasteiger partial charge in [-0.3, -0.25) is 4.90 Å². The lowest BCUT2D eigenvalue weighted by molar-refractivity contribution is 0.202. The van der Waals surface area contributed by atoms with Crippen molar-refractivity contribution >= 4 is 5.69 Å². The monoisotopic (exact) mass is 261 g/mol. The number of nitriles is 1. The second-order valence-electron chi connectivity index (χ2n) is 4.78. The summed E-state index contributed by atoms with van der Waals surface area (Å²) in [5.41, 5.74) is 6.48. The second-order valence-corrected chi connectivity index (χ2v) is 4.78. The molecular formula is C15H23N3O. The Morgan fingerprint density at radius 2 is 2.05 bits per heavy atom. The Morgan fingerprint density at radius 3 is 2.68 bits per heavy atom. The molecule has 0 radical (unpaired) electrons. The summed E-state index contributed by atoms with van der Waals surface area (Å²) < 4.78 is 5.65. The fourth-order valence-electron chi connectivity index (χ4n) is 1.88. The number of hydrogen-bond acceptors (Lipinski definition) is 4. The number of rotatable bonds is 8. The lowest BCUT2D eigenvalue weighted by Gasteiger charge is -2.25. The molecule has 0 saturated carbocycles. The van der Waals surface area contributed by atoms with Crippen molar-refractivity contribution in [3.8, 4) is 11.8 Å². The number of nitrogen functional groups attached to an aromatic ring is 1. The highest BCUT2D eigenvalue weighted by Crippen LogP contribution is 2.19. The summed E-state index contributed by atoms with van der Waals surface area (Å²) in [6.45, 7) is 6.69. The number of nitrogens with zero attached hydrogens (tertiary/aromatic N) is 2. The first-order valence-corrected chi connectivity index (χ1v) is 6.73. The van der Waals surface area contributed by atoms with Crippen LogP contribution in [-0.2, 0) is 0 Å². The van der Waals surface area contributed by atoms with E-state index in [0.717, 1.165) is 25.3 Å². The molecule has 0 unspecified atom stereocenters. The van der Waals surface area contributed by atoms with E-state index in [4.69, 9.17) is 15.7 Å². The van der Waals surface area contributed by atoms with E-state index in [0.29, 0.717) is 24.8 Å². The molecule has 0 aromatic heterocycles. The standard InChI is InChI=1S/C15H23N3O/c1-13(2)18(10-5-9-16)11-6-12-19-15-8-4-3-7-14(15)17/h3-4,7-8,13H,5-6,10-12,17H2,1-2H3. The third kappa shape index (κ3) is 5.62. The van der Waals surface area contributed by atoms with Gasteiger partial charge in [0.1, 0.15) is 5.75 Å². The topological polar surface area (TPSA) is 62.3 Å². The largest absolute Gasteiger partial charge is 0.491 e. The van der Waals surface area contributed by atoms with Crippen molar-refractivity contribution in [3.05, 3.63) is 24.3 Å². The number of para-hydroxylation sites is 2. The summed E-state index contributed by atoms with van der Waals surface area (Å²) in [5.74, 6) is 0.746. The van der Waals surface area contributed by atoms with Gasteiger partial charge in [-0.05, 0) is 32.4 Å². The molecule has 4 nitrogen and oxygen atoms in total. The summed E-state index contributed by atoms with van der Waals surface area (Å²) >= 11 is 0. The summed E-state index contributed by atoms with van der Waals surface area (Å²) in [5, 5.41) is 8.63. The Bertz CT molecular complexity index is 412. The molecule has 0 bridgehead atoms. The lowest BCUT2D eigenvalue weighted by Crippen LogP contribution is -2.33. The first-order chi connectivity index (χ1) is 9.15. The minimum atomic E-state index is 0.454. The third-order valence-corrected chi connectivity index (χ3v) is 3.01. The molecule has 0 aliphatic rings. The fourth-order valence-corrected chi connectivity index (χ4v) is 1.88. The van der Waals surface area contributed by atoms with Crippen LogP contribution in [0.2, 0.25) is 0 Å². The molecule has 4 heteroatoms. The van der Waals surface area contributed by atoms with Crippen molar-refractivity contribution in [2.45, 2.75) is 32.7 Å². The predicted molar refractivity (Wildman–Crippen MR) is 77.9 cm³/mol. The van der Waals surface area contributed by atoms with Gasteiger partial charge in [-0.15, -0.1) is 0 Å². The van der Waals surface area contributed by atoms with Crippen LogP contribution in [0.5, 0.6) is 5.75 Å². The van der Waals surface area contributed by atoms with Crippen LogP contribution in [0.25, 0.3) is 0 Å². The molecule has 1 rings (SSSR count). The van der Waals surface area contributed by atoms with E-state index in [2.05, 4.69) is 24.8 Å². The van der Waals surface area contributed by atoms with Crippen molar-refractivity contribution in [2.75, 3.05) is 25.4 Å². The number of nitrogens with two attached hydrogens (primary N) is 1. The lowest BCUT2D eigenvalue weighted by atomic mass is 10.2. The SMILES string of the molecule is CC(C)N(CCC#N)CCCOc1ccccc1N. The van der Waals surface area contributed by atoms with E-state index in [1.807, 2.05) is 24.3 Å². The van der Waals surface area contributed by atoms with Crippen LogP contribution in [0.4, 0.5) is 5.69 Å². The summed E-state index contributed by atoms with van der Waals surface area (Å²) in [6.07, 6.45) is 1.50. The Morgan fingerprint density at radius 1 is 1.32 bits per heavy atom. The molecule has 19 heavy (non-hydrogen) atoms. The van der Waals surface area contributed by atoms with E-state index in [1.54, 1.807) is 0 Å². The van der Waals surface area contributed by atoms with Gasteiger partial charge in [-0.2, -0.15) is 5.26 Å². The molecule has 0 fully saturated rings. The van der Waals surface area contributed by atoms with Crippen LogP contribution in [-0.4, -0.2) is 30.6 Å². The molecule has 0 spiro atoms. The highest BCUT2D eigenvalue weighted by atomic mass is 16.5. The van der Waals surface area contributed by atoms with Crippen LogP contribution >= 0.6 is 0 Å². The number of anilines is 1. The normalized spacial score (nSPS) is 10.7. The average molecular weight is 261 g/mol. The van der Waals surface area contributed by atoms with Gasteiger partial charge in [0.25, 0.3) is 0 Å². The van der Waals surface area contributed by atoms with Gasteiger partial charge in [-0.1, -0.05) is 12.1 Å². The molecule has 104 valence electrons. The molecule has 0 atom stereocenters. The van der Waals surface area contributed by atoms with Crippen molar-refractivity contribution in [2.24, 2.45) is 0 Å². The van der Waals surface area contributed by atoms with Crippen molar-refractivity contribution in [3.63, 3.8) is 0 Å². The van der Waals surface area contributed by atoms with E-state index < -0.39 is 0 Å². The van der Waals surface area contributed by atoms with E-state index in [-0.39, 0.29) is 0 Å². The van der Waals surface area contributed by atoms with E-state index >= 15 is 0 Å². The van der Waals surface area contributed by atoms with Crippen LogP contribution in [0.1, 0.15) is 26.7 Å². The maximum atomic E-state index is 8.63. The number of benzene rings is 1. The minimum absolute atomic E-state index is 0.454. The minimum Gasteiger partial charge on any atom is -0.491 e. The van der Waals surface area contributed by atoms with Crippen LogP contribution in [0.15, 0.2) is 24.3 Å². The van der Waals surface area contributed by atoms with Gasteiger partial charge < -0.3 is 10.5 Å². The Hall–Kier alpha value is -1.73. The van der Waals surface area contributed by atoms with Gasteiger partial charge in [0, 0.05) is 25.6 Å². The van der Waals surface area contributed by atoms with Gasteiger partial charge in [0.05, 0.1) is 18.4 Å². The second kappa shape index (κ2) is 8.39. The predicted octanol–water partition coefficient (Wildman–Crippen LogP) is 2.66. The van der Waals surface area contributed by atoms with Gasteiger partial charge in [-0.25, -0.2) is 0 Å². The van der Waals surface area contributed by atoms with Gasteiger partial charge in [0.2, 0.25) is 0 Å². The highest BCUT2D eigenvalue weighted by molar-refractivity contribution is 5.51. The van der Waals surface area contributed by atoms with Crippen molar-refractivity contribution in [1.29, 1.82) is 5.26 Å². The molecule has 0 amide bonds.